The van der Waals surface area contributed by atoms with E-state index in [1.165, 1.54) is 5.56 Å². The summed E-state index contributed by atoms with van der Waals surface area (Å²) in [5.74, 6) is 0. The fourth-order valence-electron chi connectivity index (χ4n) is 2.50. The van der Waals surface area contributed by atoms with Crippen molar-refractivity contribution in [2.45, 2.75) is 18.5 Å². The van der Waals surface area contributed by atoms with Gasteiger partial charge in [0.2, 0.25) is 0 Å². The van der Waals surface area contributed by atoms with Crippen LogP contribution in [0.5, 0.6) is 0 Å². The number of nitrogens with one attached hydrogen (secondary N) is 2. The Hall–Kier alpha value is -1.55. The average molecular weight is 274 g/mol. The molecule has 3 rings (SSSR count). The third-order valence-electron chi connectivity index (χ3n) is 3.55. The molecule has 3 nitrogen and oxygen atoms in total. The Morgan fingerprint density at radius 3 is 2.37 bits per heavy atom. The zero-order valence-corrected chi connectivity index (χ0v) is 11.2. The van der Waals surface area contributed by atoms with Crippen LogP contribution in [0.15, 0.2) is 48.5 Å². The van der Waals surface area contributed by atoms with Gasteiger partial charge in [-0.15, -0.1) is 0 Å². The number of rotatable bonds is 2. The number of hydrazine groups is 1. The summed E-state index contributed by atoms with van der Waals surface area (Å²) in [6.45, 7) is 0. The number of halogens is 1. The molecule has 2 atom stereocenters. The van der Waals surface area contributed by atoms with E-state index in [0.29, 0.717) is 0 Å². The second kappa shape index (κ2) is 5.21. The van der Waals surface area contributed by atoms with Crippen molar-refractivity contribution in [1.29, 1.82) is 0 Å². The van der Waals surface area contributed by atoms with Gasteiger partial charge in [-0.25, -0.2) is 10.9 Å². The van der Waals surface area contributed by atoms with Gasteiger partial charge in [0.05, 0.1) is 6.04 Å². The third kappa shape index (κ3) is 2.59. The lowest BCUT2D eigenvalue weighted by Crippen LogP contribution is -2.27. The highest BCUT2D eigenvalue weighted by Gasteiger charge is 2.26. The minimum absolute atomic E-state index is 0.238. The van der Waals surface area contributed by atoms with Gasteiger partial charge in [0.25, 0.3) is 0 Å². The van der Waals surface area contributed by atoms with E-state index in [1.807, 2.05) is 30.3 Å². The van der Waals surface area contributed by atoms with Gasteiger partial charge in [0.1, 0.15) is 0 Å². The molecule has 2 unspecified atom stereocenters. The summed E-state index contributed by atoms with van der Waals surface area (Å²) >= 11 is 5.91. The first-order chi connectivity index (χ1) is 9.24. The number of benzene rings is 2. The fourth-order valence-corrected chi connectivity index (χ4v) is 2.63. The van der Waals surface area contributed by atoms with Crippen molar-refractivity contribution in [2.75, 3.05) is 5.73 Å². The van der Waals surface area contributed by atoms with Gasteiger partial charge in [0.15, 0.2) is 0 Å². The van der Waals surface area contributed by atoms with Crippen molar-refractivity contribution < 1.29 is 0 Å². The second-order valence-corrected chi connectivity index (χ2v) is 5.25. The molecule has 19 heavy (non-hydrogen) atoms. The van der Waals surface area contributed by atoms with Crippen LogP contribution in [0.25, 0.3) is 0 Å². The molecule has 0 aliphatic carbocycles. The maximum absolute atomic E-state index is 6.02. The Morgan fingerprint density at radius 1 is 0.947 bits per heavy atom. The first-order valence-electron chi connectivity index (χ1n) is 6.35. The zero-order valence-electron chi connectivity index (χ0n) is 10.4. The van der Waals surface area contributed by atoms with Gasteiger partial charge in [-0.1, -0.05) is 41.9 Å². The van der Waals surface area contributed by atoms with Gasteiger partial charge in [0, 0.05) is 16.8 Å². The van der Waals surface area contributed by atoms with E-state index in [1.54, 1.807) is 0 Å². The Kier molecular flexibility index (Phi) is 3.42. The zero-order chi connectivity index (χ0) is 13.2. The van der Waals surface area contributed by atoms with Crippen LogP contribution >= 0.6 is 11.6 Å². The summed E-state index contributed by atoms with van der Waals surface area (Å²) < 4.78 is 0. The van der Waals surface area contributed by atoms with Crippen LogP contribution in [0.4, 0.5) is 5.69 Å². The van der Waals surface area contributed by atoms with Crippen LogP contribution < -0.4 is 16.6 Å². The van der Waals surface area contributed by atoms with Crippen LogP contribution in [0.1, 0.15) is 29.6 Å². The summed E-state index contributed by atoms with van der Waals surface area (Å²) in [6.07, 6.45) is 0.968. The standard InChI is InChI=1S/C15H16ClN3/c16-11-7-5-10(6-8-11)14-9-15(19-18-14)12-3-1-2-4-13(12)17/h1-8,14-15,18-19H,9,17H2. The van der Waals surface area contributed by atoms with Crippen molar-refractivity contribution in [1.82, 2.24) is 10.9 Å². The average Bonchev–Trinajstić information content (AvgIpc) is 2.89. The smallest absolute Gasteiger partial charge is 0.0501 e. The van der Waals surface area contributed by atoms with E-state index in [0.717, 1.165) is 22.7 Å². The first-order valence-corrected chi connectivity index (χ1v) is 6.73. The Bertz CT molecular complexity index is 568. The first kappa shape index (κ1) is 12.5. The molecule has 0 aromatic heterocycles. The number of nitrogens with two attached hydrogens (primary N) is 1. The minimum Gasteiger partial charge on any atom is -0.398 e. The predicted molar refractivity (Wildman–Crippen MR) is 78.7 cm³/mol. The molecule has 0 radical (unpaired) electrons. The van der Waals surface area contributed by atoms with Crippen molar-refractivity contribution in [3.63, 3.8) is 0 Å². The Labute approximate surface area is 117 Å². The monoisotopic (exact) mass is 273 g/mol. The second-order valence-electron chi connectivity index (χ2n) is 4.81. The normalized spacial score (nSPS) is 22.6. The Balaban J connectivity index is 1.77. The Morgan fingerprint density at radius 2 is 1.63 bits per heavy atom. The fraction of sp³-hybridized carbons (Fsp3) is 0.200. The van der Waals surface area contributed by atoms with Gasteiger partial charge >= 0.3 is 0 Å². The van der Waals surface area contributed by atoms with E-state index in [9.17, 15) is 0 Å². The quantitative estimate of drug-likeness (QED) is 0.737. The van der Waals surface area contributed by atoms with E-state index < -0.39 is 0 Å². The molecule has 98 valence electrons. The molecule has 0 spiro atoms. The lowest BCUT2D eigenvalue weighted by Gasteiger charge is -2.12. The van der Waals surface area contributed by atoms with Crippen molar-refractivity contribution >= 4 is 17.3 Å². The van der Waals surface area contributed by atoms with Gasteiger partial charge in [-0.2, -0.15) is 0 Å². The lowest BCUT2D eigenvalue weighted by molar-refractivity contribution is 0.555. The summed E-state index contributed by atoms with van der Waals surface area (Å²) in [7, 11) is 0. The van der Waals surface area contributed by atoms with E-state index in [2.05, 4.69) is 29.1 Å². The van der Waals surface area contributed by atoms with Crippen molar-refractivity contribution in [3.8, 4) is 0 Å². The maximum Gasteiger partial charge on any atom is 0.0501 e. The maximum atomic E-state index is 6.02. The summed E-state index contributed by atoms with van der Waals surface area (Å²) in [6, 6.07) is 16.4. The van der Waals surface area contributed by atoms with E-state index >= 15 is 0 Å². The van der Waals surface area contributed by atoms with Crippen LogP contribution in [0, 0.1) is 0 Å². The summed E-state index contributed by atoms with van der Waals surface area (Å²) in [5.41, 5.74) is 15.9. The van der Waals surface area contributed by atoms with Gasteiger partial charge < -0.3 is 5.73 Å². The van der Waals surface area contributed by atoms with E-state index in [-0.39, 0.29) is 12.1 Å². The lowest BCUT2D eigenvalue weighted by atomic mass is 9.97. The molecule has 4 heteroatoms. The molecule has 2 aromatic carbocycles. The number of nitrogen functional groups attached to an aromatic ring is 1. The van der Waals surface area contributed by atoms with Crippen molar-refractivity contribution in [3.05, 3.63) is 64.7 Å². The van der Waals surface area contributed by atoms with Crippen molar-refractivity contribution in [2.24, 2.45) is 0 Å². The van der Waals surface area contributed by atoms with Gasteiger partial charge in [-0.3, -0.25) is 0 Å². The molecule has 0 saturated carbocycles. The number of para-hydroxylation sites is 1. The molecule has 4 N–H and O–H groups in total. The molecule has 0 amide bonds. The van der Waals surface area contributed by atoms with Gasteiger partial charge in [-0.05, 0) is 35.7 Å². The number of anilines is 1. The molecular weight excluding hydrogens is 258 g/mol. The number of hydrogen-bond donors (Lipinski definition) is 3. The highest BCUT2D eigenvalue weighted by molar-refractivity contribution is 6.30. The molecule has 1 aliphatic rings. The largest absolute Gasteiger partial charge is 0.398 e. The molecular formula is C15H16ClN3. The third-order valence-corrected chi connectivity index (χ3v) is 3.80. The van der Waals surface area contributed by atoms with E-state index in [4.69, 9.17) is 17.3 Å². The summed E-state index contributed by atoms with van der Waals surface area (Å²) in [5, 5.41) is 0.763. The number of hydrogen-bond acceptors (Lipinski definition) is 3. The molecule has 1 heterocycles. The molecule has 0 bridgehead atoms. The molecule has 2 aromatic rings. The summed E-state index contributed by atoms with van der Waals surface area (Å²) in [4.78, 5) is 0. The van der Waals surface area contributed by atoms with Crippen LogP contribution in [0.2, 0.25) is 5.02 Å². The predicted octanol–water partition coefficient (Wildman–Crippen LogP) is 3.20. The van der Waals surface area contributed by atoms with Crippen LogP contribution in [-0.4, -0.2) is 0 Å². The highest BCUT2D eigenvalue weighted by atomic mass is 35.5. The molecule has 1 fully saturated rings. The molecule has 1 saturated heterocycles. The molecule has 1 aliphatic heterocycles. The van der Waals surface area contributed by atoms with Crippen LogP contribution in [-0.2, 0) is 0 Å². The minimum atomic E-state index is 0.238. The van der Waals surface area contributed by atoms with Crippen LogP contribution in [0.3, 0.4) is 0 Å². The highest BCUT2D eigenvalue weighted by Crippen LogP contribution is 2.33. The SMILES string of the molecule is Nc1ccccc1C1CC(c2ccc(Cl)cc2)NN1. The topological polar surface area (TPSA) is 50.1 Å².